The predicted octanol–water partition coefficient (Wildman–Crippen LogP) is 3.86. The summed E-state index contributed by atoms with van der Waals surface area (Å²) >= 11 is 25.4. The van der Waals surface area contributed by atoms with E-state index in [0.29, 0.717) is 32.9 Å². The van der Waals surface area contributed by atoms with Crippen LogP contribution < -0.4 is 21.3 Å². The van der Waals surface area contributed by atoms with E-state index in [-0.39, 0.29) is 0 Å². The van der Waals surface area contributed by atoms with Gasteiger partial charge in [0.2, 0.25) is 0 Å². The molecule has 0 atom stereocenters. The Kier molecular flexibility index (Phi) is 6.13. The molecule has 2 aliphatic rings. The Morgan fingerprint density at radius 3 is 1.71 bits per heavy atom. The summed E-state index contributed by atoms with van der Waals surface area (Å²) < 4.78 is 0. The second-order valence-electron chi connectivity index (χ2n) is 7.32. The lowest BCUT2D eigenvalue weighted by molar-refractivity contribution is 0.118. The predicted molar refractivity (Wildman–Crippen MR) is 118 cm³/mol. The first-order valence-electron chi connectivity index (χ1n) is 9.32. The van der Waals surface area contributed by atoms with Gasteiger partial charge in [0, 0.05) is 49.1 Å². The summed E-state index contributed by atoms with van der Waals surface area (Å²) in [6, 6.07) is 11.4. The van der Waals surface area contributed by atoms with Gasteiger partial charge < -0.3 is 0 Å². The van der Waals surface area contributed by atoms with Gasteiger partial charge in [-0.3, -0.25) is 21.3 Å². The highest BCUT2D eigenvalue weighted by molar-refractivity contribution is 6.42. The van der Waals surface area contributed by atoms with Crippen molar-refractivity contribution >= 4 is 46.4 Å². The van der Waals surface area contributed by atoms with Gasteiger partial charge in [0.1, 0.15) is 11.3 Å². The largest absolute Gasteiger partial charge is 0.295 e. The first-order valence-corrected chi connectivity index (χ1v) is 10.8. The van der Waals surface area contributed by atoms with Crippen molar-refractivity contribution in [1.29, 1.82) is 0 Å². The molecular weight excluding hydrogens is 438 g/mol. The Morgan fingerprint density at radius 2 is 1.18 bits per heavy atom. The molecule has 2 saturated heterocycles. The molecule has 150 valence electrons. The zero-order chi connectivity index (χ0) is 19.8. The molecule has 0 radical (unpaired) electrons. The number of nitrogens with one attached hydrogen (secondary N) is 4. The maximum Gasteiger partial charge on any atom is 0.106 e. The third kappa shape index (κ3) is 3.78. The van der Waals surface area contributed by atoms with E-state index in [1.807, 2.05) is 36.4 Å². The van der Waals surface area contributed by atoms with Crippen LogP contribution in [-0.2, 0) is 12.8 Å². The van der Waals surface area contributed by atoms with Crippen molar-refractivity contribution in [2.45, 2.75) is 24.2 Å². The quantitative estimate of drug-likeness (QED) is 0.548. The summed E-state index contributed by atoms with van der Waals surface area (Å²) in [5, 5.41) is 17.2. The van der Waals surface area contributed by atoms with E-state index < -0.39 is 11.3 Å². The topological polar surface area (TPSA) is 48.1 Å². The molecule has 2 heterocycles. The fraction of sp³-hybridized carbons (Fsp3) is 0.400. The number of hydrogen-bond donors (Lipinski definition) is 4. The lowest BCUT2D eigenvalue weighted by atomic mass is 9.82. The minimum absolute atomic E-state index is 0.441. The zero-order valence-corrected chi connectivity index (χ0v) is 18.2. The molecule has 0 saturated carbocycles. The standard InChI is InChI=1S/C20H22Cl4N4/c21-15-2-1-3-16(22)14(15)12-20(27-8-9-28-20)19(25-6-7-26-19)11-13-4-5-17(23)18(24)10-13/h1-5,10,25-28H,6-9,11-12H2. The van der Waals surface area contributed by atoms with Gasteiger partial charge in [-0.1, -0.05) is 58.5 Å². The second-order valence-corrected chi connectivity index (χ2v) is 8.95. The second kappa shape index (κ2) is 8.29. The monoisotopic (exact) mass is 458 g/mol. The first-order chi connectivity index (χ1) is 13.4. The van der Waals surface area contributed by atoms with Gasteiger partial charge in [-0.05, 0) is 35.4 Å². The molecule has 2 aliphatic heterocycles. The summed E-state index contributed by atoms with van der Waals surface area (Å²) in [6.45, 7) is 3.44. The Hall–Kier alpha value is -0.560. The van der Waals surface area contributed by atoms with E-state index in [0.717, 1.165) is 37.3 Å². The van der Waals surface area contributed by atoms with E-state index in [2.05, 4.69) is 21.3 Å². The van der Waals surface area contributed by atoms with Gasteiger partial charge in [0.25, 0.3) is 0 Å². The Bertz CT molecular complexity index is 841. The Labute approximate surface area is 185 Å². The molecule has 0 unspecified atom stereocenters. The lowest BCUT2D eigenvalue weighted by Gasteiger charge is -2.47. The minimum atomic E-state index is -0.468. The molecular formula is C20H22Cl4N4. The van der Waals surface area contributed by atoms with E-state index in [1.165, 1.54) is 0 Å². The Balaban J connectivity index is 1.73. The van der Waals surface area contributed by atoms with Crippen molar-refractivity contribution in [3.8, 4) is 0 Å². The van der Waals surface area contributed by atoms with Crippen LogP contribution >= 0.6 is 46.4 Å². The van der Waals surface area contributed by atoms with E-state index in [1.54, 1.807) is 0 Å². The number of hydrogen-bond acceptors (Lipinski definition) is 4. The number of rotatable bonds is 5. The van der Waals surface area contributed by atoms with E-state index in [4.69, 9.17) is 46.4 Å². The molecule has 2 aromatic rings. The maximum atomic E-state index is 6.51. The molecule has 4 rings (SSSR count). The highest BCUT2D eigenvalue weighted by atomic mass is 35.5. The van der Waals surface area contributed by atoms with Gasteiger partial charge in [-0.25, -0.2) is 0 Å². The fourth-order valence-corrected chi connectivity index (χ4v) is 5.16. The zero-order valence-electron chi connectivity index (χ0n) is 15.2. The minimum Gasteiger partial charge on any atom is -0.295 e. The average molecular weight is 460 g/mol. The summed E-state index contributed by atoms with van der Waals surface area (Å²) in [7, 11) is 0. The summed E-state index contributed by atoms with van der Waals surface area (Å²) in [6.07, 6.45) is 1.35. The van der Waals surface area contributed by atoms with E-state index >= 15 is 0 Å². The molecule has 28 heavy (non-hydrogen) atoms. The van der Waals surface area contributed by atoms with Crippen LogP contribution in [0.4, 0.5) is 0 Å². The van der Waals surface area contributed by atoms with Crippen LogP contribution in [0.5, 0.6) is 0 Å². The first kappa shape index (κ1) is 20.7. The number of halogens is 4. The summed E-state index contributed by atoms with van der Waals surface area (Å²) in [5.74, 6) is 0. The Morgan fingerprint density at radius 1 is 0.643 bits per heavy atom. The van der Waals surface area contributed by atoms with Crippen molar-refractivity contribution in [1.82, 2.24) is 21.3 Å². The van der Waals surface area contributed by atoms with Crippen LogP contribution in [0.2, 0.25) is 20.1 Å². The van der Waals surface area contributed by atoms with Crippen molar-refractivity contribution in [2.24, 2.45) is 0 Å². The van der Waals surface area contributed by atoms with Crippen LogP contribution in [0.3, 0.4) is 0 Å². The van der Waals surface area contributed by atoms with Gasteiger partial charge in [-0.2, -0.15) is 0 Å². The molecule has 2 aromatic carbocycles. The fourth-order valence-electron chi connectivity index (χ4n) is 4.31. The molecule has 4 N–H and O–H groups in total. The highest BCUT2D eigenvalue weighted by Gasteiger charge is 2.54. The molecule has 8 heteroatoms. The summed E-state index contributed by atoms with van der Waals surface area (Å²) in [5.41, 5.74) is 1.11. The van der Waals surface area contributed by atoms with Crippen molar-refractivity contribution < 1.29 is 0 Å². The molecule has 2 fully saturated rings. The van der Waals surface area contributed by atoms with Crippen molar-refractivity contribution in [2.75, 3.05) is 26.2 Å². The highest BCUT2D eigenvalue weighted by Crippen LogP contribution is 2.35. The van der Waals surface area contributed by atoms with Gasteiger partial charge in [0.15, 0.2) is 0 Å². The third-order valence-corrected chi connectivity index (χ3v) is 7.09. The van der Waals surface area contributed by atoms with Crippen LogP contribution in [0.25, 0.3) is 0 Å². The normalized spacial score (nSPS) is 20.6. The van der Waals surface area contributed by atoms with Crippen LogP contribution in [0, 0.1) is 0 Å². The van der Waals surface area contributed by atoms with Gasteiger partial charge >= 0.3 is 0 Å². The van der Waals surface area contributed by atoms with Gasteiger partial charge in [-0.15, -0.1) is 0 Å². The maximum absolute atomic E-state index is 6.51. The van der Waals surface area contributed by atoms with E-state index in [9.17, 15) is 0 Å². The summed E-state index contributed by atoms with van der Waals surface area (Å²) in [4.78, 5) is 0. The smallest absolute Gasteiger partial charge is 0.106 e. The van der Waals surface area contributed by atoms with Gasteiger partial charge in [0.05, 0.1) is 10.0 Å². The van der Waals surface area contributed by atoms with Crippen molar-refractivity contribution in [3.05, 3.63) is 67.6 Å². The average Bonchev–Trinajstić information content (AvgIpc) is 3.33. The molecule has 0 amide bonds. The lowest BCUT2D eigenvalue weighted by Crippen LogP contribution is -2.77. The van der Waals surface area contributed by atoms with Crippen LogP contribution in [0.15, 0.2) is 36.4 Å². The molecule has 0 bridgehead atoms. The molecule has 0 spiro atoms. The van der Waals surface area contributed by atoms with Crippen LogP contribution in [-0.4, -0.2) is 37.5 Å². The van der Waals surface area contributed by atoms with Crippen molar-refractivity contribution in [3.63, 3.8) is 0 Å². The molecule has 0 aromatic heterocycles. The molecule has 4 nitrogen and oxygen atoms in total. The SMILES string of the molecule is Clc1ccc(CC2(C3(Cc4c(Cl)cccc4Cl)NCCN3)NCCN2)cc1Cl. The molecule has 0 aliphatic carbocycles. The third-order valence-electron chi connectivity index (χ3n) is 5.64. The number of benzene rings is 2. The van der Waals surface area contributed by atoms with Crippen LogP contribution in [0.1, 0.15) is 11.1 Å².